The van der Waals surface area contributed by atoms with E-state index in [-0.39, 0.29) is 65.1 Å². The minimum atomic E-state index is -1.14. The van der Waals surface area contributed by atoms with Crippen molar-refractivity contribution in [1.82, 2.24) is 0 Å². The second-order valence-electron chi connectivity index (χ2n) is 12.7. The van der Waals surface area contributed by atoms with Gasteiger partial charge in [-0.3, -0.25) is 4.79 Å². The molecule has 4 fully saturated rings. The highest BCUT2D eigenvalue weighted by Crippen LogP contribution is 2.71. The highest BCUT2D eigenvalue weighted by atomic mass is 16.6. The molecule has 0 unspecified atom stereocenters. The van der Waals surface area contributed by atoms with Crippen LogP contribution in [-0.2, 0) is 19.1 Å². The molecule has 2 aliphatic heterocycles. The summed E-state index contributed by atoms with van der Waals surface area (Å²) in [5.41, 5.74) is -0.347. The molecule has 6 aliphatic rings. The van der Waals surface area contributed by atoms with Gasteiger partial charge in [-0.05, 0) is 87.5 Å². The number of ether oxygens (including phenoxy) is 2. The molecule has 4 aliphatic carbocycles. The van der Waals surface area contributed by atoms with Gasteiger partial charge in [0, 0.05) is 12.0 Å². The number of ketones is 1. The Bertz CT molecular complexity index is 1010. The summed E-state index contributed by atoms with van der Waals surface area (Å²) >= 11 is 0. The third-order valence-electron chi connectivity index (χ3n) is 11.5. The maximum Gasteiger partial charge on any atom is 0.333 e. The Hall–Kier alpha value is -1.50. The molecule has 1 saturated heterocycles. The van der Waals surface area contributed by atoms with Gasteiger partial charge in [0.2, 0.25) is 0 Å². The number of carbonyl (C=O) groups is 2. The molecule has 186 valence electrons. The maximum atomic E-state index is 13.3. The predicted molar refractivity (Wildman–Crippen MR) is 124 cm³/mol. The van der Waals surface area contributed by atoms with Crippen LogP contribution in [0.2, 0.25) is 0 Å². The number of allylic oxidation sites excluding steroid dienone is 1. The lowest BCUT2D eigenvalue weighted by atomic mass is 9.43. The van der Waals surface area contributed by atoms with Gasteiger partial charge >= 0.3 is 5.97 Å². The molecule has 0 spiro atoms. The van der Waals surface area contributed by atoms with Crippen LogP contribution in [0.15, 0.2) is 23.3 Å². The van der Waals surface area contributed by atoms with Gasteiger partial charge < -0.3 is 19.7 Å². The molecule has 0 bridgehead atoms. The van der Waals surface area contributed by atoms with Crippen molar-refractivity contribution in [3.8, 4) is 0 Å². The Morgan fingerprint density at radius 1 is 1.18 bits per heavy atom. The van der Waals surface area contributed by atoms with Gasteiger partial charge in [0.05, 0.1) is 17.6 Å². The monoisotopic (exact) mass is 470 g/mol. The minimum Gasteiger partial charge on any atom is -0.458 e. The number of esters is 1. The first-order valence-corrected chi connectivity index (χ1v) is 13.1. The number of fused-ring (bicyclic) bond motifs is 8. The first-order valence-electron chi connectivity index (χ1n) is 13.1. The van der Waals surface area contributed by atoms with Crippen molar-refractivity contribution in [2.75, 3.05) is 0 Å². The van der Waals surface area contributed by atoms with Crippen molar-refractivity contribution in [2.24, 2.45) is 40.4 Å². The first-order chi connectivity index (χ1) is 15.9. The molecule has 3 saturated carbocycles. The number of epoxide rings is 1. The molecule has 6 nitrogen and oxygen atoms in total. The first kappa shape index (κ1) is 22.9. The Labute approximate surface area is 201 Å². The van der Waals surface area contributed by atoms with Crippen LogP contribution in [0, 0.1) is 40.4 Å². The van der Waals surface area contributed by atoms with E-state index in [0.717, 1.165) is 18.4 Å². The second kappa shape index (κ2) is 7.04. The molecular weight excluding hydrogens is 432 g/mol. The van der Waals surface area contributed by atoms with Crippen molar-refractivity contribution in [3.05, 3.63) is 23.3 Å². The number of aliphatic hydroxyl groups excluding tert-OH is 1. The quantitative estimate of drug-likeness (QED) is 0.475. The number of carbonyl (C=O) groups excluding carboxylic acids is 2. The fourth-order valence-electron chi connectivity index (χ4n) is 9.41. The second-order valence-corrected chi connectivity index (χ2v) is 12.7. The molecular formula is C28H38O6. The predicted octanol–water partition coefficient (Wildman–Crippen LogP) is 3.35. The molecule has 12 atom stereocenters. The van der Waals surface area contributed by atoms with Crippen molar-refractivity contribution in [3.63, 3.8) is 0 Å². The highest BCUT2D eigenvalue weighted by molar-refractivity contribution is 5.97. The lowest BCUT2D eigenvalue weighted by molar-refractivity contribution is -0.183. The summed E-state index contributed by atoms with van der Waals surface area (Å²) in [5.74, 6) is 0.212. The van der Waals surface area contributed by atoms with Crippen LogP contribution in [0.25, 0.3) is 0 Å². The average Bonchev–Trinajstić information content (AvgIpc) is 3.53. The zero-order valence-corrected chi connectivity index (χ0v) is 20.9. The van der Waals surface area contributed by atoms with Crippen LogP contribution in [0.4, 0.5) is 0 Å². The summed E-state index contributed by atoms with van der Waals surface area (Å²) in [5, 5.41) is 23.1. The van der Waals surface area contributed by atoms with E-state index in [1.165, 1.54) is 0 Å². The summed E-state index contributed by atoms with van der Waals surface area (Å²) in [7, 11) is 0. The van der Waals surface area contributed by atoms with Crippen LogP contribution < -0.4 is 0 Å². The van der Waals surface area contributed by atoms with E-state index in [2.05, 4.69) is 13.8 Å². The van der Waals surface area contributed by atoms with Gasteiger partial charge in [-0.2, -0.15) is 0 Å². The Kier molecular flexibility index (Phi) is 4.75. The molecule has 0 aromatic rings. The summed E-state index contributed by atoms with van der Waals surface area (Å²) in [6.45, 7) is 10.2. The normalized spacial score (nSPS) is 54.6. The molecule has 2 N–H and O–H groups in total. The molecule has 34 heavy (non-hydrogen) atoms. The summed E-state index contributed by atoms with van der Waals surface area (Å²) in [6, 6.07) is 0. The highest BCUT2D eigenvalue weighted by Gasteiger charge is 2.78. The standard InChI is InChI=1S/C28H38O6/c1-13-11-19(33-25(31)14(13)2)15(3)22-18(29)12-17-21-16(8-10-26(17,22)4)27(5)20(30)7-6-9-28(27,32)24-23(21)34-24/h6-7,15-19,21-24,29,32H,8-12H2,1-5H3/t15-,16+,17-,18+,19-,21-,22+,23+,24+,26-,27-,28-/m0/s1. The Morgan fingerprint density at radius 3 is 2.62 bits per heavy atom. The smallest absolute Gasteiger partial charge is 0.333 e. The molecule has 2 heterocycles. The van der Waals surface area contributed by atoms with Gasteiger partial charge in [-0.1, -0.05) is 25.5 Å². The van der Waals surface area contributed by atoms with Crippen molar-refractivity contribution in [1.29, 1.82) is 0 Å². The zero-order chi connectivity index (χ0) is 24.4. The van der Waals surface area contributed by atoms with E-state index in [1.807, 2.05) is 20.8 Å². The molecule has 0 aromatic heterocycles. The van der Waals surface area contributed by atoms with E-state index < -0.39 is 17.1 Å². The van der Waals surface area contributed by atoms with E-state index in [0.29, 0.717) is 24.8 Å². The van der Waals surface area contributed by atoms with Crippen LogP contribution >= 0.6 is 0 Å². The number of hydrogen-bond donors (Lipinski definition) is 2. The number of hydrogen-bond acceptors (Lipinski definition) is 6. The number of rotatable bonds is 2. The summed E-state index contributed by atoms with van der Waals surface area (Å²) < 4.78 is 12.0. The van der Waals surface area contributed by atoms with E-state index >= 15 is 0 Å². The maximum absolute atomic E-state index is 13.3. The zero-order valence-electron chi connectivity index (χ0n) is 20.9. The van der Waals surface area contributed by atoms with Gasteiger partial charge in [0.1, 0.15) is 17.8 Å². The van der Waals surface area contributed by atoms with E-state index in [9.17, 15) is 19.8 Å². The number of aliphatic hydroxyl groups is 2. The largest absolute Gasteiger partial charge is 0.458 e. The summed E-state index contributed by atoms with van der Waals surface area (Å²) in [6.07, 6.45) is 5.97. The Morgan fingerprint density at radius 2 is 1.91 bits per heavy atom. The molecule has 0 aromatic carbocycles. The van der Waals surface area contributed by atoms with Crippen LogP contribution in [0.5, 0.6) is 0 Å². The molecule has 6 heteroatoms. The molecule has 0 radical (unpaired) electrons. The van der Waals surface area contributed by atoms with Gasteiger partial charge in [-0.15, -0.1) is 0 Å². The molecule has 0 amide bonds. The fourth-order valence-corrected chi connectivity index (χ4v) is 9.41. The third-order valence-corrected chi connectivity index (χ3v) is 11.5. The van der Waals surface area contributed by atoms with Crippen LogP contribution in [0.3, 0.4) is 0 Å². The van der Waals surface area contributed by atoms with Crippen LogP contribution in [0.1, 0.15) is 66.7 Å². The SMILES string of the molecule is CC1=C(C)C(=O)O[C@H]([C@H](C)[C@@H]2[C@H](O)C[C@H]3[C@H]4[C@H]5O[C@H]5[C@@]5(O)CC=CC(=O)[C@]5(C)[C@@H]4CC[C@]23C)C1. The lowest BCUT2D eigenvalue weighted by Crippen LogP contribution is -2.67. The van der Waals surface area contributed by atoms with E-state index in [4.69, 9.17) is 9.47 Å². The number of cyclic esters (lactones) is 1. The fraction of sp³-hybridized carbons (Fsp3) is 0.786. The third kappa shape index (κ3) is 2.63. The lowest BCUT2D eigenvalue weighted by Gasteiger charge is -2.60. The summed E-state index contributed by atoms with van der Waals surface area (Å²) in [4.78, 5) is 25.7. The van der Waals surface area contributed by atoms with Crippen molar-refractivity contribution in [2.45, 2.75) is 96.7 Å². The van der Waals surface area contributed by atoms with Crippen molar-refractivity contribution < 1.29 is 29.3 Å². The van der Waals surface area contributed by atoms with Gasteiger partial charge in [-0.25, -0.2) is 4.79 Å². The average molecular weight is 471 g/mol. The van der Waals surface area contributed by atoms with Gasteiger partial charge in [0.25, 0.3) is 0 Å². The van der Waals surface area contributed by atoms with Gasteiger partial charge in [0.15, 0.2) is 5.78 Å². The minimum absolute atomic E-state index is 0.00947. The molecule has 6 rings (SSSR count). The van der Waals surface area contributed by atoms with Crippen molar-refractivity contribution >= 4 is 11.8 Å². The van der Waals surface area contributed by atoms with Crippen LogP contribution in [-0.4, -0.2) is 52.0 Å². The topological polar surface area (TPSA) is 96.4 Å². The van der Waals surface area contributed by atoms with E-state index in [1.54, 1.807) is 12.2 Å². The Balaban J connectivity index is 1.33.